The van der Waals surface area contributed by atoms with Gasteiger partial charge in [-0.25, -0.2) is 0 Å². The molecule has 1 saturated heterocycles. The molecule has 0 radical (unpaired) electrons. The Morgan fingerprint density at radius 2 is 2.00 bits per heavy atom. The first-order valence-corrected chi connectivity index (χ1v) is 8.17. The highest BCUT2D eigenvalue weighted by Crippen LogP contribution is 2.27. The van der Waals surface area contributed by atoms with E-state index in [-0.39, 0.29) is 37.2 Å². The zero-order valence-corrected chi connectivity index (χ0v) is 13.5. The molecular formula is C16H27NO5. The highest BCUT2D eigenvalue weighted by atomic mass is 16.5. The van der Waals surface area contributed by atoms with Crippen molar-refractivity contribution in [1.29, 1.82) is 0 Å². The first-order chi connectivity index (χ1) is 10.5. The van der Waals surface area contributed by atoms with E-state index in [2.05, 4.69) is 6.92 Å². The first-order valence-electron chi connectivity index (χ1n) is 8.17. The fourth-order valence-electron chi connectivity index (χ4n) is 3.54. The largest absolute Gasteiger partial charge is 0.481 e. The third-order valence-corrected chi connectivity index (χ3v) is 4.89. The van der Waals surface area contributed by atoms with Crippen molar-refractivity contribution in [2.75, 3.05) is 20.3 Å². The van der Waals surface area contributed by atoms with Crippen LogP contribution in [0.5, 0.6) is 0 Å². The topological polar surface area (TPSA) is 76.1 Å². The van der Waals surface area contributed by atoms with Crippen molar-refractivity contribution < 1.29 is 24.2 Å². The number of carbonyl (C=O) groups is 2. The number of methoxy groups -OCH3 is 1. The fourth-order valence-corrected chi connectivity index (χ4v) is 3.54. The molecular weight excluding hydrogens is 286 g/mol. The minimum Gasteiger partial charge on any atom is -0.481 e. The van der Waals surface area contributed by atoms with Crippen LogP contribution in [0.15, 0.2) is 0 Å². The molecule has 1 saturated carbocycles. The van der Waals surface area contributed by atoms with Crippen LogP contribution >= 0.6 is 0 Å². The van der Waals surface area contributed by atoms with Gasteiger partial charge in [-0.15, -0.1) is 0 Å². The molecule has 6 heteroatoms. The molecule has 1 aliphatic heterocycles. The normalized spacial score (nSPS) is 32.2. The fraction of sp³-hybridized carbons (Fsp3) is 0.875. The van der Waals surface area contributed by atoms with E-state index in [4.69, 9.17) is 14.6 Å². The molecule has 0 spiro atoms. The highest BCUT2D eigenvalue weighted by Gasteiger charge is 2.36. The van der Waals surface area contributed by atoms with Gasteiger partial charge in [-0.1, -0.05) is 19.8 Å². The summed E-state index contributed by atoms with van der Waals surface area (Å²) in [5, 5.41) is 8.99. The molecule has 126 valence electrons. The van der Waals surface area contributed by atoms with E-state index in [1.807, 2.05) is 0 Å². The van der Waals surface area contributed by atoms with Crippen molar-refractivity contribution >= 4 is 11.9 Å². The molecule has 1 amide bonds. The molecule has 1 N–H and O–H groups in total. The van der Waals surface area contributed by atoms with E-state index in [1.165, 1.54) is 6.42 Å². The van der Waals surface area contributed by atoms with E-state index in [0.717, 1.165) is 19.3 Å². The number of nitrogens with zero attached hydrogens (tertiary/aromatic N) is 1. The Morgan fingerprint density at radius 3 is 2.64 bits per heavy atom. The molecule has 2 aliphatic rings. The average Bonchev–Trinajstić information content (AvgIpc) is 2.88. The maximum absolute atomic E-state index is 12.4. The lowest BCUT2D eigenvalue weighted by Gasteiger charge is -2.30. The van der Waals surface area contributed by atoms with E-state index < -0.39 is 5.97 Å². The molecule has 2 fully saturated rings. The molecule has 22 heavy (non-hydrogen) atoms. The third-order valence-electron chi connectivity index (χ3n) is 4.89. The minimum atomic E-state index is -0.888. The van der Waals surface area contributed by atoms with Crippen LogP contribution < -0.4 is 0 Å². The molecule has 1 heterocycles. The lowest BCUT2D eigenvalue weighted by molar-refractivity contribution is -0.144. The van der Waals surface area contributed by atoms with Gasteiger partial charge in [-0.2, -0.15) is 0 Å². The van der Waals surface area contributed by atoms with Gasteiger partial charge in [0, 0.05) is 19.7 Å². The number of hydrogen-bond acceptors (Lipinski definition) is 4. The van der Waals surface area contributed by atoms with Crippen molar-refractivity contribution in [2.24, 2.45) is 5.92 Å². The zero-order valence-electron chi connectivity index (χ0n) is 13.5. The van der Waals surface area contributed by atoms with Crippen LogP contribution in [0.4, 0.5) is 0 Å². The summed E-state index contributed by atoms with van der Waals surface area (Å²) in [4.78, 5) is 25.0. The predicted octanol–water partition coefficient (Wildman–Crippen LogP) is 1.67. The summed E-state index contributed by atoms with van der Waals surface area (Å²) in [6.07, 6.45) is 5.15. The van der Waals surface area contributed by atoms with Gasteiger partial charge in [0.15, 0.2) is 0 Å². The van der Waals surface area contributed by atoms with Crippen LogP contribution in [0.2, 0.25) is 0 Å². The highest BCUT2D eigenvalue weighted by molar-refractivity contribution is 5.79. The van der Waals surface area contributed by atoms with Crippen molar-refractivity contribution in [3.8, 4) is 0 Å². The first kappa shape index (κ1) is 17.2. The summed E-state index contributed by atoms with van der Waals surface area (Å²) >= 11 is 0. The lowest BCUT2D eigenvalue weighted by atomic mass is 9.88. The van der Waals surface area contributed by atoms with E-state index in [0.29, 0.717) is 18.9 Å². The van der Waals surface area contributed by atoms with Gasteiger partial charge >= 0.3 is 5.97 Å². The molecule has 0 aromatic carbocycles. The number of ether oxygens (including phenoxy) is 2. The molecule has 4 unspecified atom stereocenters. The van der Waals surface area contributed by atoms with Crippen LogP contribution in [0.25, 0.3) is 0 Å². The molecule has 0 bridgehead atoms. The van der Waals surface area contributed by atoms with Crippen LogP contribution in [-0.4, -0.2) is 60.4 Å². The number of carbonyl (C=O) groups excluding carboxylic acids is 1. The summed E-state index contributed by atoms with van der Waals surface area (Å²) < 4.78 is 11.1. The molecule has 6 nitrogen and oxygen atoms in total. The van der Waals surface area contributed by atoms with Crippen molar-refractivity contribution in [3.63, 3.8) is 0 Å². The van der Waals surface area contributed by atoms with Crippen molar-refractivity contribution in [2.45, 2.75) is 63.7 Å². The molecule has 4 atom stereocenters. The minimum absolute atomic E-state index is 0.0363. The Kier molecular flexibility index (Phi) is 6.20. The number of carboxylic acid groups (broad SMARTS) is 1. The second kappa shape index (κ2) is 7.92. The van der Waals surface area contributed by atoms with Gasteiger partial charge < -0.3 is 19.5 Å². The Morgan fingerprint density at radius 1 is 1.27 bits per heavy atom. The second-order valence-corrected chi connectivity index (χ2v) is 6.50. The van der Waals surface area contributed by atoms with Gasteiger partial charge in [0.2, 0.25) is 5.91 Å². The van der Waals surface area contributed by atoms with Crippen molar-refractivity contribution in [1.82, 2.24) is 4.90 Å². The summed E-state index contributed by atoms with van der Waals surface area (Å²) in [7, 11) is 1.59. The van der Waals surface area contributed by atoms with Gasteiger partial charge in [0.25, 0.3) is 0 Å². The average molecular weight is 313 g/mol. The van der Waals surface area contributed by atoms with Crippen molar-refractivity contribution in [3.05, 3.63) is 0 Å². The number of aliphatic carboxylic acids is 1. The number of amides is 1. The summed E-state index contributed by atoms with van der Waals surface area (Å²) in [5.74, 6) is -0.522. The maximum atomic E-state index is 12.4. The monoisotopic (exact) mass is 313 g/mol. The van der Waals surface area contributed by atoms with Gasteiger partial charge in [-0.05, 0) is 25.2 Å². The zero-order chi connectivity index (χ0) is 16.1. The molecule has 2 rings (SSSR count). The van der Waals surface area contributed by atoms with E-state index >= 15 is 0 Å². The molecule has 1 aliphatic carbocycles. The number of carboxylic acids is 1. The van der Waals surface area contributed by atoms with Gasteiger partial charge in [0.1, 0.15) is 6.61 Å². The third kappa shape index (κ3) is 4.43. The quantitative estimate of drug-likeness (QED) is 0.807. The Bertz CT molecular complexity index is 400. The Labute approximate surface area is 131 Å². The summed E-state index contributed by atoms with van der Waals surface area (Å²) in [5.41, 5.74) is 0. The molecule has 0 aromatic heterocycles. The standard InChI is InChI=1S/C16H27NO5/c1-11-5-3-4-6-14(11)22-10-15(18)17-9-13(21-2)7-12(17)8-16(19)20/h11-14H,3-10H2,1-2H3,(H,19,20). The number of hydrogen-bond donors (Lipinski definition) is 1. The number of likely N-dealkylation sites (tertiary alicyclic amines) is 1. The summed E-state index contributed by atoms with van der Waals surface area (Å²) in [6.45, 7) is 2.66. The smallest absolute Gasteiger partial charge is 0.305 e. The van der Waals surface area contributed by atoms with Crippen LogP contribution in [-0.2, 0) is 19.1 Å². The predicted molar refractivity (Wildman–Crippen MR) is 80.5 cm³/mol. The number of rotatable bonds is 6. The SMILES string of the molecule is COC1CC(CC(=O)O)N(C(=O)COC2CCCCC2C)C1. The lowest BCUT2D eigenvalue weighted by Crippen LogP contribution is -2.41. The summed E-state index contributed by atoms with van der Waals surface area (Å²) in [6, 6.07) is -0.290. The van der Waals surface area contributed by atoms with Gasteiger partial charge in [-0.3, -0.25) is 9.59 Å². The van der Waals surface area contributed by atoms with E-state index in [9.17, 15) is 9.59 Å². The van der Waals surface area contributed by atoms with Crippen LogP contribution in [0.3, 0.4) is 0 Å². The maximum Gasteiger partial charge on any atom is 0.305 e. The molecule has 0 aromatic rings. The second-order valence-electron chi connectivity index (χ2n) is 6.50. The Balaban J connectivity index is 1.87. The Hall–Kier alpha value is -1.14. The van der Waals surface area contributed by atoms with E-state index in [1.54, 1.807) is 12.0 Å². The van der Waals surface area contributed by atoms with Crippen LogP contribution in [0, 0.1) is 5.92 Å². The van der Waals surface area contributed by atoms with Gasteiger partial charge in [0.05, 0.1) is 18.6 Å². The van der Waals surface area contributed by atoms with Crippen LogP contribution in [0.1, 0.15) is 45.4 Å².